The fourth-order valence-electron chi connectivity index (χ4n) is 7.81. The van der Waals surface area contributed by atoms with Crippen LogP contribution in [0.5, 0.6) is 0 Å². The Balaban J connectivity index is 1.55. The average molecular weight is 385 g/mol. The molecule has 3 saturated carbocycles. The first-order chi connectivity index (χ1) is 13.3. The second-order valence-corrected chi connectivity index (χ2v) is 11.0. The summed E-state index contributed by atoms with van der Waals surface area (Å²) in [6.07, 6.45) is 16.1. The van der Waals surface area contributed by atoms with Gasteiger partial charge in [0.1, 0.15) is 0 Å². The highest BCUT2D eigenvalue weighted by atomic mass is 16.5. The van der Waals surface area contributed by atoms with Gasteiger partial charge in [-0.1, -0.05) is 51.0 Å². The first kappa shape index (κ1) is 20.2. The van der Waals surface area contributed by atoms with Gasteiger partial charge in [-0.3, -0.25) is 4.79 Å². The van der Waals surface area contributed by atoms with E-state index in [1.807, 2.05) is 0 Å². The molecule has 0 aliphatic heterocycles. The first-order valence-electron chi connectivity index (χ1n) is 11.8. The zero-order valence-corrected chi connectivity index (χ0v) is 18.7. The molecule has 2 heteroatoms. The summed E-state index contributed by atoms with van der Waals surface area (Å²) in [5.74, 6) is 3.69. The number of hydrogen-bond donors (Lipinski definition) is 0. The Hall–Kier alpha value is -1.05. The summed E-state index contributed by atoms with van der Waals surface area (Å²) in [7, 11) is 1.51. The molecule has 0 amide bonds. The molecular weight excluding hydrogens is 344 g/mol. The number of methoxy groups -OCH3 is 1. The molecule has 0 aromatic heterocycles. The van der Waals surface area contributed by atoms with Gasteiger partial charge >= 0.3 is 5.97 Å². The van der Waals surface area contributed by atoms with Gasteiger partial charge in [0.05, 0.1) is 7.11 Å². The number of carbonyl (C=O) groups excluding carboxylic acids is 1. The highest BCUT2D eigenvalue weighted by molar-refractivity contribution is 5.69. The molecule has 0 aromatic rings. The van der Waals surface area contributed by atoms with Crippen molar-refractivity contribution in [2.45, 2.75) is 85.5 Å². The van der Waals surface area contributed by atoms with E-state index >= 15 is 0 Å². The van der Waals surface area contributed by atoms with Crippen molar-refractivity contribution in [3.8, 4) is 0 Å². The van der Waals surface area contributed by atoms with E-state index in [-0.39, 0.29) is 5.97 Å². The maximum Gasteiger partial charge on any atom is 0.305 e. The third kappa shape index (κ3) is 3.10. The van der Waals surface area contributed by atoms with Crippen molar-refractivity contribution < 1.29 is 9.53 Å². The summed E-state index contributed by atoms with van der Waals surface area (Å²) in [6.45, 7) is 9.96. The Labute approximate surface area is 172 Å². The number of carbonyl (C=O) groups is 1. The number of esters is 1. The van der Waals surface area contributed by atoms with Crippen molar-refractivity contribution in [2.24, 2.45) is 40.4 Å². The Morgan fingerprint density at radius 2 is 1.93 bits per heavy atom. The number of hydrogen-bond acceptors (Lipinski definition) is 2. The fraction of sp³-hybridized carbons (Fsp3) is 0.808. The number of allylic oxidation sites excluding steroid dienone is 4. The van der Waals surface area contributed by atoms with Crippen molar-refractivity contribution in [1.29, 1.82) is 0 Å². The highest BCUT2D eigenvalue weighted by Crippen LogP contribution is 2.66. The SMILES string of the molecule is COC(=O)CC[C@@H](C)C1CCC2C3=CC=C4C[C@@H](C)CC[C@]4(C)C3CCC21C. The van der Waals surface area contributed by atoms with Crippen LogP contribution in [-0.4, -0.2) is 13.1 Å². The van der Waals surface area contributed by atoms with Crippen LogP contribution < -0.4 is 0 Å². The van der Waals surface area contributed by atoms with Crippen LogP contribution in [0.15, 0.2) is 23.3 Å². The van der Waals surface area contributed by atoms with Crippen LogP contribution in [0, 0.1) is 40.4 Å². The minimum Gasteiger partial charge on any atom is -0.469 e. The van der Waals surface area contributed by atoms with E-state index in [1.54, 1.807) is 11.1 Å². The molecule has 4 unspecified atom stereocenters. The predicted molar refractivity (Wildman–Crippen MR) is 115 cm³/mol. The van der Waals surface area contributed by atoms with E-state index in [1.165, 1.54) is 52.1 Å². The van der Waals surface area contributed by atoms with Crippen molar-refractivity contribution in [1.82, 2.24) is 0 Å². The summed E-state index contributed by atoms with van der Waals surface area (Å²) >= 11 is 0. The largest absolute Gasteiger partial charge is 0.469 e. The molecule has 2 nitrogen and oxygen atoms in total. The van der Waals surface area contributed by atoms with Gasteiger partial charge in [-0.05, 0) is 91.8 Å². The lowest BCUT2D eigenvalue weighted by Gasteiger charge is -2.55. The lowest BCUT2D eigenvalue weighted by molar-refractivity contribution is -0.141. The molecule has 0 saturated heterocycles. The standard InChI is InChI=1S/C26H40O2/c1-17-12-14-25(3)19(16-17)7-8-20-22-10-9-21(18(2)6-11-24(27)28-5)26(22,4)15-13-23(20)25/h7-8,17-18,21-23H,6,9-16H2,1-5H3/t17-,18+,21?,22?,23?,25-,26?/m0/s1. The van der Waals surface area contributed by atoms with E-state index in [4.69, 9.17) is 4.74 Å². The van der Waals surface area contributed by atoms with E-state index < -0.39 is 0 Å². The molecule has 0 N–H and O–H groups in total. The minimum absolute atomic E-state index is 0.0534. The van der Waals surface area contributed by atoms with Gasteiger partial charge < -0.3 is 4.74 Å². The van der Waals surface area contributed by atoms with Crippen LogP contribution in [0.4, 0.5) is 0 Å². The van der Waals surface area contributed by atoms with E-state index in [9.17, 15) is 4.79 Å². The third-order valence-corrected chi connectivity index (χ3v) is 9.61. The Bertz CT molecular complexity index is 689. The van der Waals surface area contributed by atoms with Gasteiger partial charge in [-0.2, -0.15) is 0 Å². The van der Waals surface area contributed by atoms with Gasteiger partial charge in [-0.25, -0.2) is 0 Å². The van der Waals surface area contributed by atoms with Gasteiger partial charge in [0.2, 0.25) is 0 Å². The number of rotatable bonds is 4. The van der Waals surface area contributed by atoms with E-state index in [0.717, 1.165) is 30.1 Å². The minimum atomic E-state index is -0.0534. The van der Waals surface area contributed by atoms with Crippen LogP contribution in [0.1, 0.15) is 85.5 Å². The zero-order valence-electron chi connectivity index (χ0n) is 18.7. The summed E-state index contributed by atoms with van der Waals surface area (Å²) in [5, 5.41) is 0. The quantitative estimate of drug-likeness (QED) is 0.503. The second-order valence-electron chi connectivity index (χ2n) is 11.0. The Morgan fingerprint density at radius 1 is 1.14 bits per heavy atom. The normalized spacial score (nSPS) is 43.2. The van der Waals surface area contributed by atoms with Crippen LogP contribution in [0.3, 0.4) is 0 Å². The molecule has 4 rings (SSSR count). The van der Waals surface area contributed by atoms with Gasteiger partial charge in [0.15, 0.2) is 0 Å². The molecule has 4 aliphatic carbocycles. The molecule has 156 valence electrons. The molecule has 0 heterocycles. The van der Waals surface area contributed by atoms with Crippen LogP contribution in [0.2, 0.25) is 0 Å². The molecule has 0 aromatic carbocycles. The van der Waals surface area contributed by atoms with Crippen molar-refractivity contribution >= 4 is 5.97 Å². The maximum absolute atomic E-state index is 11.6. The van der Waals surface area contributed by atoms with Crippen molar-refractivity contribution in [2.75, 3.05) is 7.11 Å². The zero-order chi connectivity index (χ0) is 20.1. The fourth-order valence-corrected chi connectivity index (χ4v) is 7.81. The highest BCUT2D eigenvalue weighted by Gasteiger charge is 2.56. The summed E-state index contributed by atoms with van der Waals surface area (Å²) in [5.41, 5.74) is 4.37. The smallest absolute Gasteiger partial charge is 0.305 e. The second kappa shape index (κ2) is 7.33. The van der Waals surface area contributed by atoms with Gasteiger partial charge in [0.25, 0.3) is 0 Å². The maximum atomic E-state index is 11.6. The Morgan fingerprint density at radius 3 is 2.68 bits per heavy atom. The number of fused-ring (bicyclic) bond motifs is 5. The van der Waals surface area contributed by atoms with E-state index in [2.05, 4.69) is 39.8 Å². The third-order valence-electron chi connectivity index (χ3n) is 9.61. The lowest BCUT2D eigenvalue weighted by atomic mass is 9.49. The van der Waals surface area contributed by atoms with E-state index in [0.29, 0.717) is 23.2 Å². The summed E-state index contributed by atoms with van der Waals surface area (Å²) in [6, 6.07) is 0. The molecular formula is C26H40O2. The average Bonchev–Trinajstić information content (AvgIpc) is 3.03. The van der Waals surface area contributed by atoms with Gasteiger partial charge in [0, 0.05) is 6.42 Å². The molecule has 0 radical (unpaired) electrons. The predicted octanol–water partition coefficient (Wildman–Crippen LogP) is 6.71. The molecule has 0 bridgehead atoms. The molecule has 3 fully saturated rings. The summed E-state index contributed by atoms with van der Waals surface area (Å²) < 4.78 is 4.88. The molecule has 28 heavy (non-hydrogen) atoms. The topological polar surface area (TPSA) is 26.3 Å². The monoisotopic (exact) mass is 384 g/mol. The lowest BCUT2D eigenvalue weighted by Crippen LogP contribution is -2.46. The van der Waals surface area contributed by atoms with Crippen LogP contribution >= 0.6 is 0 Å². The molecule has 7 atom stereocenters. The molecule has 4 aliphatic rings. The van der Waals surface area contributed by atoms with Crippen molar-refractivity contribution in [3.05, 3.63) is 23.3 Å². The van der Waals surface area contributed by atoms with Crippen molar-refractivity contribution in [3.63, 3.8) is 0 Å². The van der Waals surface area contributed by atoms with Crippen LogP contribution in [0.25, 0.3) is 0 Å². The Kier molecular flexibility index (Phi) is 5.30. The number of ether oxygens (including phenoxy) is 1. The van der Waals surface area contributed by atoms with Crippen LogP contribution in [-0.2, 0) is 9.53 Å². The molecule has 0 spiro atoms. The van der Waals surface area contributed by atoms with Gasteiger partial charge in [-0.15, -0.1) is 0 Å². The summed E-state index contributed by atoms with van der Waals surface area (Å²) in [4.78, 5) is 11.6. The first-order valence-corrected chi connectivity index (χ1v) is 11.8.